The second-order valence-corrected chi connectivity index (χ2v) is 3.83. The van der Waals surface area contributed by atoms with Gasteiger partial charge in [-0.1, -0.05) is 34.1 Å². The van der Waals surface area contributed by atoms with Crippen molar-refractivity contribution in [1.82, 2.24) is 0 Å². The molecular formula is C11H23N. The summed E-state index contributed by atoms with van der Waals surface area (Å²) in [6.07, 6.45) is 6.87. The number of hydrogen-bond donors (Lipinski definition) is 0. The fourth-order valence-electron chi connectivity index (χ4n) is 0.979. The summed E-state index contributed by atoms with van der Waals surface area (Å²) in [6.45, 7) is 10.00. The van der Waals surface area contributed by atoms with Gasteiger partial charge < -0.3 is 0 Å². The molecule has 0 unspecified atom stereocenters. The Labute approximate surface area is 77.3 Å². The van der Waals surface area contributed by atoms with Crippen molar-refractivity contribution in [3.05, 3.63) is 0 Å². The predicted octanol–water partition coefficient (Wildman–Crippen LogP) is 3.68. The maximum atomic E-state index is 4.45. The molecule has 0 saturated carbocycles. The lowest BCUT2D eigenvalue weighted by Crippen LogP contribution is -2.17. The molecule has 0 radical (unpaired) electrons. The topological polar surface area (TPSA) is 12.4 Å². The van der Waals surface area contributed by atoms with E-state index in [1.54, 1.807) is 0 Å². The Hall–Kier alpha value is -0.330. The van der Waals surface area contributed by atoms with Gasteiger partial charge in [0.25, 0.3) is 0 Å². The molecule has 0 aliphatic heterocycles. The van der Waals surface area contributed by atoms with Crippen LogP contribution in [-0.2, 0) is 0 Å². The molecular weight excluding hydrogens is 146 g/mol. The first-order valence-corrected chi connectivity index (χ1v) is 5.16. The second-order valence-electron chi connectivity index (χ2n) is 3.83. The molecule has 0 heterocycles. The predicted molar refractivity (Wildman–Crippen MR) is 57.0 cm³/mol. The standard InChI is InChI=1S/C11H23N/c1-5-8-9-12-10-11(4,6-2)7-3/h9H,5-8,10H2,1-4H3. The molecule has 0 atom stereocenters. The summed E-state index contributed by atoms with van der Waals surface area (Å²) in [6, 6.07) is 0. The van der Waals surface area contributed by atoms with E-state index in [1.165, 1.54) is 19.3 Å². The van der Waals surface area contributed by atoms with Crippen LogP contribution in [0.4, 0.5) is 0 Å². The molecule has 0 spiro atoms. The van der Waals surface area contributed by atoms with Gasteiger partial charge in [0.15, 0.2) is 0 Å². The summed E-state index contributed by atoms with van der Waals surface area (Å²) in [5.41, 5.74) is 0.435. The van der Waals surface area contributed by atoms with Crippen LogP contribution in [0, 0.1) is 5.41 Å². The van der Waals surface area contributed by atoms with Crippen molar-refractivity contribution >= 4 is 6.21 Å². The highest BCUT2D eigenvalue weighted by molar-refractivity contribution is 5.56. The molecule has 0 N–H and O–H groups in total. The number of rotatable bonds is 6. The van der Waals surface area contributed by atoms with E-state index in [0.29, 0.717) is 5.41 Å². The van der Waals surface area contributed by atoms with Crippen molar-refractivity contribution in [2.75, 3.05) is 6.54 Å². The van der Waals surface area contributed by atoms with Crippen molar-refractivity contribution in [2.45, 2.75) is 53.4 Å². The third-order valence-corrected chi connectivity index (χ3v) is 2.73. The quantitative estimate of drug-likeness (QED) is 0.538. The fourth-order valence-corrected chi connectivity index (χ4v) is 0.979. The van der Waals surface area contributed by atoms with E-state index in [-0.39, 0.29) is 0 Å². The highest BCUT2D eigenvalue weighted by Crippen LogP contribution is 2.25. The Balaban J connectivity index is 3.72. The number of aliphatic imine (C=N–C) groups is 1. The lowest BCUT2D eigenvalue weighted by molar-refractivity contribution is 0.312. The fraction of sp³-hybridized carbons (Fsp3) is 0.909. The van der Waals surface area contributed by atoms with Gasteiger partial charge in [-0.25, -0.2) is 0 Å². The summed E-state index contributed by atoms with van der Waals surface area (Å²) in [4.78, 5) is 4.45. The van der Waals surface area contributed by atoms with E-state index >= 15 is 0 Å². The SMILES string of the molecule is CCCC=NCC(C)(CC)CC. The normalized spacial score (nSPS) is 12.7. The molecule has 0 rings (SSSR count). The van der Waals surface area contributed by atoms with Crippen LogP contribution in [0.2, 0.25) is 0 Å². The monoisotopic (exact) mass is 169 g/mol. The zero-order valence-corrected chi connectivity index (χ0v) is 9.06. The molecule has 0 aromatic rings. The summed E-state index contributed by atoms with van der Waals surface area (Å²) in [5.74, 6) is 0. The van der Waals surface area contributed by atoms with E-state index in [0.717, 1.165) is 13.0 Å². The zero-order chi connectivity index (χ0) is 9.45. The second kappa shape index (κ2) is 6.22. The van der Waals surface area contributed by atoms with Crippen LogP contribution in [0.5, 0.6) is 0 Å². The minimum absolute atomic E-state index is 0.435. The Morgan fingerprint density at radius 2 is 1.75 bits per heavy atom. The van der Waals surface area contributed by atoms with Gasteiger partial charge >= 0.3 is 0 Å². The van der Waals surface area contributed by atoms with E-state index in [2.05, 4.69) is 38.9 Å². The van der Waals surface area contributed by atoms with E-state index < -0.39 is 0 Å². The average Bonchev–Trinajstić information content (AvgIpc) is 2.12. The highest BCUT2D eigenvalue weighted by atomic mass is 14.7. The van der Waals surface area contributed by atoms with Gasteiger partial charge in [0.1, 0.15) is 0 Å². The van der Waals surface area contributed by atoms with Gasteiger partial charge in [0.2, 0.25) is 0 Å². The molecule has 0 aromatic heterocycles. The molecule has 0 aliphatic carbocycles. The Morgan fingerprint density at radius 1 is 1.17 bits per heavy atom. The summed E-state index contributed by atoms with van der Waals surface area (Å²) < 4.78 is 0. The minimum Gasteiger partial charge on any atom is -0.297 e. The Bertz CT molecular complexity index is 123. The van der Waals surface area contributed by atoms with Crippen molar-refractivity contribution in [1.29, 1.82) is 0 Å². The molecule has 0 saturated heterocycles. The average molecular weight is 169 g/mol. The summed E-state index contributed by atoms with van der Waals surface area (Å²) >= 11 is 0. The summed E-state index contributed by atoms with van der Waals surface area (Å²) in [7, 11) is 0. The molecule has 0 aliphatic rings. The van der Waals surface area contributed by atoms with Gasteiger partial charge in [-0.15, -0.1) is 0 Å². The van der Waals surface area contributed by atoms with Gasteiger partial charge in [-0.05, 0) is 30.9 Å². The smallest absolute Gasteiger partial charge is 0.0438 e. The maximum absolute atomic E-state index is 4.45. The molecule has 0 fully saturated rings. The van der Waals surface area contributed by atoms with E-state index in [4.69, 9.17) is 0 Å². The third kappa shape index (κ3) is 4.53. The largest absolute Gasteiger partial charge is 0.297 e. The number of unbranched alkanes of at least 4 members (excludes halogenated alkanes) is 1. The van der Waals surface area contributed by atoms with Crippen LogP contribution in [0.15, 0.2) is 4.99 Å². The molecule has 12 heavy (non-hydrogen) atoms. The first-order chi connectivity index (χ1) is 5.68. The van der Waals surface area contributed by atoms with E-state index in [9.17, 15) is 0 Å². The molecule has 0 aromatic carbocycles. The first-order valence-electron chi connectivity index (χ1n) is 5.16. The van der Waals surface area contributed by atoms with Gasteiger partial charge in [0.05, 0.1) is 0 Å². The Morgan fingerprint density at radius 3 is 2.17 bits per heavy atom. The zero-order valence-electron chi connectivity index (χ0n) is 9.06. The van der Waals surface area contributed by atoms with Crippen LogP contribution in [0.3, 0.4) is 0 Å². The molecule has 0 bridgehead atoms. The first kappa shape index (κ1) is 11.7. The minimum atomic E-state index is 0.435. The van der Waals surface area contributed by atoms with Crippen LogP contribution in [-0.4, -0.2) is 12.8 Å². The maximum Gasteiger partial charge on any atom is 0.0438 e. The van der Waals surface area contributed by atoms with Gasteiger partial charge in [0, 0.05) is 6.54 Å². The number of nitrogens with zero attached hydrogens (tertiary/aromatic N) is 1. The van der Waals surface area contributed by atoms with Gasteiger partial charge in [-0.2, -0.15) is 0 Å². The molecule has 1 nitrogen and oxygen atoms in total. The van der Waals surface area contributed by atoms with Crippen molar-refractivity contribution in [3.8, 4) is 0 Å². The lowest BCUT2D eigenvalue weighted by atomic mass is 9.85. The molecule has 1 heteroatoms. The van der Waals surface area contributed by atoms with Crippen molar-refractivity contribution in [3.63, 3.8) is 0 Å². The van der Waals surface area contributed by atoms with Crippen LogP contribution >= 0.6 is 0 Å². The molecule has 72 valence electrons. The third-order valence-electron chi connectivity index (χ3n) is 2.73. The van der Waals surface area contributed by atoms with Crippen molar-refractivity contribution < 1.29 is 0 Å². The number of hydrogen-bond acceptors (Lipinski definition) is 1. The lowest BCUT2D eigenvalue weighted by Gasteiger charge is -2.23. The highest BCUT2D eigenvalue weighted by Gasteiger charge is 2.17. The summed E-state index contributed by atoms with van der Waals surface area (Å²) in [5, 5.41) is 0. The molecule has 0 amide bonds. The van der Waals surface area contributed by atoms with Gasteiger partial charge in [-0.3, -0.25) is 4.99 Å². The van der Waals surface area contributed by atoms with E-state index in [1.807, 2.05) is 0 Å². The van der Waals surface area contributed by atoms with Crippen LogP contribution in [0.25, 0.3) is 0 Å². The van der Waals surface area contributed by atoms with Crippen LogP contribution in [0.1, 0.15) is 53.4 Å². The van der Waals surface area contributed by atoms with Crippen molar-refractivity contribution in [2.24, 2.45) is 10.4 Å². The Kier molecular flexibility index (Phi) is 6.04. The van der Waals surface area contributed by atoms with Crippen LogP contribution < -0.4 is 0 Å².